The van der Waals surface area contributed by atoms with E-state index in [0.717, 1.165) is 21.3 Å². The molecule has 8 heteroatoms. The molecule has 0 saturated heterocycles. The molecule has 0 spiro atoms. The van der Waals surface area contributed by atoms with Gasteiger partial charge in [0.2, 0.25) is 0 Å². The second-order valence-corrected chi connectivity index (χ2v) is 10.8. The quantitative estimate of drug-likeness (QED) is 0.361. The van der Waals surface area contributed by atoms with Crippen molar-refractivity contribution in [2.45, 2.75) is 23.3 Å². The first-order valence-corrected chi connectivity index (χ1v) is 13.1. The number of ether oxygens (including phenoxy) is 1. The predicted molar refractivity (Wildman–Crippen MR) is 132 cm³/mol. The van der Waals surface area contributed by atoms with Gasteiger partial charge in [-0.3, -0.25) is 4.72 Å². The molecular weight excluding hydrogens is 496 g/mol. The summed E-state index contributed by atoms with van der Waals surface area (Å²) < 4.78 is 35.5. The van der Waals surface area contributed by atoms with E-state index in [4.69, 9.17) is 4.74 Å². The topological polar surface area (TPSA) is 58.6 Å². The number of hydrogen-bond acceptors (Lipinski definition) is 5. The van der Waals surface area contributed by atoms with Gasteiger partial charge < -0.3 is 9.64 Å². The zero-order chi connectivity index (χ0) is 22.6. The van der Waals surface area contributed by atoms with Gasteiger partial charge in [0.15, 0.2) is 0 Å². The third-order valence-electron chi connectivity index (χ3n) is 4.52. The summed E-state index contributed by atoms with van der Waals surface area (Å²) in [4.78, 5) is 3.36. The highest BCUT2D eigenvalue weighted by Crippen LogP contribution is 2.32. The Morgan fingerprint density at radius 2 is 1.74 bits per heavy atom. The summed E-state index contributed by atoms with van der Waals surface area (Å²) in [5, 5.41) is 0. The second-order valence-electron chi connectivity index (χ2n) is 7.35. The second kappa shape index (κ2) is 10.1. The number of halogens is 1. The molecule has 0 bridgehead atoms. The van der Waals surface area contributed by atoms with Crippen LogP contribution in [0.5, 0.6) is 11.5 Å². The van der Waals surface area contributed by atoms with Crippen LogP contribution in [0.3, 0.4) is 0 Å². The van der Waals surface area contributed by atoms with E-state index in [9.17, 15) is 8.42 Å². The lowest BCUT2D eigenvalue weighted by molar-refractivity contribution is 0.388. The van der Waals surface area contributed by atoms with Crippen molar-refractivity contribution < 1.29 is 13.2 Å². The van der Waals surface area contributed by atoms with E-state index in [-0.39, 0.29) is 4.90 Å². The van der Waals surface area contributed by atoms with Gasteiger partial charge in [0.1, 0.15) is 11.5 Å². The van der Waals surface area contributed by atoms with Gasteiger partial charge in [-0.15, -0.1) is 11.8 Å². The van der Waals surface area contributed by atoms with Crippen molar-refractivity contribution in [1.82, 2.24) is 4.90 Å². The molecule has 0 radical (unpaired) electrons. The molecule has 31 heavy (non-hydrogen) atoms. The Bertz CT molecular complexity index is 1160. The molecule has 3 rings (SSSR count). The monoisotopic (exact) mass is 520 g/mol. The molecule has 0 aliphatic rings. The minimum atomic E-state index is -3.73. The number of hydrogen-bond donors (Lipinski definition) is 1. The molecular formula is C23H25BrN2O3S2. The van der Waals surface area contributed by atoms with Crippen molar-refractivity contribution in [2.75, 3.05) is 25.1 Å². The van der Waals surface area contributed by atoms with Crippen molar-refractivity contribution in [3.8, 4) is 11.5 Å². The SMILES string of the molecule is CSc1ccc(Oc2ccc(S(=O)(=O)Nc3ccc(Br)cc3)cc2CN(C)C)cc1C. The third-order valence-corrected chi connectivity index (χ3v) is 7.32. The normalized spacial score (nSPS) is 11.5. The first kappa shape index (κ1) is 23.7. The Labute approximate surface area is 197 Å². The van der Waals surface area contributed by atoms with Crippen LogP contribution in [0.15, 0.2) is 74.9 Å². The van der Waals surface area contributed by atoms with Crippen LogP contribution in [0, 0.1) is 6.92 Å². The molecule has 0 aromatic heterocycles. The number of rotatable bonds is 8. The minimum absolute atomic E-state index is 0.188. The van der Waals surface area contributed by atoms with Crippen LogP contribution in [-0.2, 0) is 16.6 Å². The van der Waals surface area contributed by atoms with E-state index in [1.54, 1.807) is 54.2 Å². The van der Waals surface area contributed by atoms with Crippen molar-refractivity contribution in [3.63, 3.8) is 0 Å². The van der Waals surface area contributed by atoms with Gasteiger partial charge in [-0.05, 0) is 93.5 Å². The van der Waals surface area contributed by atoms with Gasteiger partial charge in [0.05, 0.1) is 4.90 Å². The zero-order valence-electron chi connectivity index (χ0n) is 17.8. The lowest BCUT2D eigenvalue weighted by atomic mass is 10.2. The largest absolute Gasteiger partial charge is 0.457 e. The lowest BCUT2D eigenvalue weighted by Crippen LogP contribution is -2.15. The molecule has 0 aliphatic carbocycles. The zero-order valence-corrected chi connectivity index (χ0v) is 21.1. The summed E-state index contributed by atoms with van der Waals surface area (Å²) >= 11 is 5.04. The summed E-state index contributed by atoms with van der Waals surface area (Å²) in [5.41, 5.74) is 2.43. The molecule has 0 heterocycles. The molecule has 0 saturated carbocycles. The van der Waals surface area contributed by atoms with Crippen LogP contribution < -0.4 is 9.46 Å². The molecule has 5 nitrogen and oxygen atoms in total. The Hall–Kier alpha value is -2.00. The van der Waals surface area contributed by atoms with Gasteiger partial charge in [-0.25, -0.2) is 8.42 Å². The number of nitrogens with one attached hydrogen (secondary N) is 1. The lowest BCUT2D eigenvalue weighted by Gasteiger charge is -2.17. The Balaban J connectivity index is 1.91. The predicted octanol–water partition coefficient (Wildman–Crippen LogP) is 6.13. The van der Waals surface area contributed by atoms with Crippen LogP contribution >= 0.6 is 27.7 Å². The fourth-order valence-corrected chi connectivity index (χ4v) is 5.02. The molecule has 0 unspecified atom stereocenters. The maximum absolute atomic E-state index is 12.9. The molecule has 0 fully saturated rings. The van der Waals surface area contributed by atoms with Crippen LogP contribution in [0.2, 0.25) is 0 Å². The molecule has 3 aromatic carbocycles. The van der Waals surface area contributed by atoms with Crippen LogP contribution in [0.1, 0.15) is 11.1 Å². The average Bonchev–Trinajstić information content (AvgIpc) is 2.70. The van der Waals surface area contributed by atoms with Gasteiger partial charge in [0.25, 0.3) is 10.0 Å². The van der Waals surface area contributed by atoms with Gasteiger partial charge in [-0.1, -0.05) is 15.9 Å². The number of sulfonamides is 1. The third kappa shape index (κ3) is 6.26. The molecule has 3 aromatic rings. The van der Waals surface area contributed by atoms with Gasteiger partial charge in [0, 0.05) is 27.2 Å². The molecule has 1 N–H and O–H groups in total. The first-order chi connectivity index (χ1) is 14.7. The highest BCUT2D eigenvalue weighted by Gasteiger charge is 2.18. The Morgan fingerprint density at radius 1 is 1.03 bits per heavy atom. The molecule has 0 aliphatic heterocycles. The highest BCUT2D eigenvalue weighted by atomic mass is 79.9. The smallest absolute Gasteiger partial charge is 0.261 e. The van der Waals surface area contributed by atoms with Gasteiger partial charge >= 0.3 is 0 Å². The molecule has 0 amide bonds. The fraction of sp³-hybridized carbons (Fsp3) is 0.217. The van der Waals surface area contributed by atoms with Crippen LogP contribution in [0.25, 0.3) is 0 Å². The minimum Gasteiger partial charge on any atom is -0.457 e. The maximum Gasteiger partial charge on any atom is 0.261 e. The summed E-state index contributed by atoms with van der Waals surface area (Å²) in [7, 11) is 0.134. The average molecular weight is 522 g/mol. The summed E-state index contributed by atoms with van der Waals surface area (Å²) in [6.07, 6.45) is 2.04. The number of nitrogens with zero attached hydrogens (tertiary/aromatic N) is 1. The van der Waals surface area contributed by atoms with E-state index in [1.165, 1.54) is 4.90 Å². The Morgan fingerprint density at radius 3 is 2.35 bits per heavy atom. The first-order valence-electron chi connectivity index (χ1n) is 9.56. The van der Waals surface area contributed by atoms with E-state index in [2.05, 4.69) is 20.7 Å². The van der Waals surface area contributed by atoms with Crippen LogP contribution in [0.4, 0.5) is 5.69 Å². The highest BCUT2D eigenvalue weighted by molar-refractivity contribution is 9.10. The van der Waals surface area contributed by atoms with Crippen molar-refractivity contribution in [2.24, 2.45) is 0 Å². The molecule has 0 atom stereocenters. The van der Waals surface area contributed by atoms with E-state index in [0.29, 0.717) is 18.0 Å². The van der Waals surface area contributed by atoms with Crippen LogP contribution in [-0.4, -0.2) is 33.7 Å². The van der Waals surface area contributed by atoms with E-state index >= 15 is 0 Å². The summed E-state index contributed by atoms with van der Waals surface area (Å²) in [6, 6.07) is 17.9. The molecule has 164 valence electrons. The van der Waals surface area contributed by atoms with E-state index in [1.807, 2.05) is 50.4 Å². The summed E-state index contributed by atoms with van der Waals surface area (Å²) in [6.45, 7) is 2.59. The Kier molecular flexibility index (Phi) is 7.69. The number of thioether (sulfide) groups is 1. The van der Waals surface area contributed by atoms with Crippen molar-refractivity contribution >= 4 is 43.4 Å². The number of aryl methyl sites for hydroxylation is 1. The van der Waals surface area contributed by atoms with Gasteiger partial charge in [-0.2, -0.15) is 0 Å². The summed E-state index contributed by atoms with van der Waals surface area (Å²) in [5.74, 6) is 1.35. The van der Waals surface area contributed by atoms with Crippen molar-refractivity contribution in [3.05, 3.63) is 76.3 Å². The number of benzene rings is 3. The maximum atomic E-state index is 12.9. The van der Waals surface area contributed by atoms with E-state index < -0.39 is 10.0 Å². The number of anilines is 1. The standard InChI is InChI=1S/C23H25BrN2O3S2/c1-16-13-20(9-12-23(16)30-4)29-22-11-10-21(14-17(22)15-26(2)3)31(27,28)25-19-7-5-18(24)6-8-19/h5-14,25H,15H2,1-4H3. The van der Waals surface area contributed by atoms with Crippen molar-refractivity contribution in [1.29, 1.82) is 0 Å². The fourth-order valence-electron chi connectivity index (χ4n) is 3.06.